The van der Waals surface area contributed by atoms with Crippen LogP contribution in [-0.4, -0.2) is 17.1 Å². The number of carbonyl (C=O) groups excluding carboxylic acids is 1. The fraction of sp³-hybridized carbons (Fsp3) is 0.0714. The molecule has 1 aromatic heterocycles. The van der Waals surface area contributed by atoms with Gasteiger partial charge in [-0.15, -0.1) is 0 Å². The number of aryl methyl sites for hydroxylation is 1. The second-order valence-electron chi connectivity index (χ2n) is 3.91. The number of benzene rings is 1. The minimum Gasteiger partial charge on any atom is -0.267 e. The summed E-state index contributed by atoms with van der Waals surface area (Å²) in [7, 11) is 0. The molecule has 0 unspecified atom stereocenters. The monoisotopic (exact) mass is 273 g/mol. The molecule has 0 fully saturated rings. The van der Waals surface area contributed by atoms with Crippen LogP contribution in [0.4, 0.5) is 0 Å². The second-order valence-corrected chi connectivity index (χ2v) is 4.32. The number of nitrogens with zero attached hydrogens (tertiary/aromatic N) is 2. The molecule has 0 aliphatic carbocycles. The summed E-state index contributed by atoms with van der Waals surface area (Å²) in [4.78, 5) is 15.8. The third kappa shape index (κ3) is 3.63. The van der Waals surface area contributed by atoms with Crippen molar-refractivity contribution in [2.45, 2.75) is 6.92 Å². The zero-order valence-corrected chi connectivity index (χ0v) is 11.1. The molecule has 1 heterocycles. The first kappa shape index (κ1) is 13.2. The Morgan fingerprint density at radius 3 is 2.79 bits per heavy atom. The molecule has 0 spiro atoms. The van der Waals surface area contributed by atoms with E-state index in [1.807, 2.05) is 25.1 Å². The van der Waals surface area contributed by atoms with Crippen LogP contribution in [-0.2, 0) is 0 Å². The van der Waals surface area contributed by atoms with E-state index >= 15 is 0 Å². The Morgan fingerprint density at radius 1 is 1.32 bits per heavy atom. The van der Waals surface area contributed by atoms with Gasteiger partial charge < -0.3 is 0 Å². The van der Waals surface area contributed by atoms with E-state index in [9.17, 15) is 4.79 Å². The first-order valence-electron chi connectivity index (χ1n) is 5.67. The molecule has 96 valence electrons. The average Bonchev–Trinajstić information content (AvgIpc) is 2.41. The SMILES string of the molecule is Cc1ccc(C(=O)N/N=C\c2ccccc2Cl)cn1. The highest BCUT2D eigenvalue weighted by atomic mass is 35.5. The molecule has 0 bridgehead atoms. The molecule has 4 nitrogen and oxygen atoms in total. The summed E-state index contributed by atoms with van der Waals surface area (Å²) in [5.74, 6) is -0.309. The van der Waals surface area contributed by atoms with Crippen LogP contribution in [0.25, 0.3) is 0 Å². The number of aromatic nitrogens is 1. The Balaban J connectivity index is 2.01. The van der Waals surface area contributed by atoms with Gasteiger partial charge in [-0.05, 0) is 25.1 Å². The molecule has 0 saturated carbocycles. The van der Waals surface area contributed by atoms with Crippen LogP contribution in [0.5, 0.6) is 0 Å². The van der Waals surface area contributed by atoms with Crippen LogP contribution in [0.3, 0.4) is 0 Å². The summed E-state index contributed by atoms with van der Waals surface area (Å²) in [6.45, 7) is 1.86. The predicted molar refractivity (Wildman–Crippen MR) is 75.5 cm³/mol. The maximum Gasteiger partial charge on any atom is 0.272 e. The van der Waals surface area contributed by atoms with Crippen molar-refractivity contribution in [3.8, 4) is 0 Å². The summed E-state index contributed by atoms with van der Waals surface area (Å²) < 4.78 is 0. The number of nitrogens with one attached hydrogen (secondary N) is 1. The third-order valence-corrected chi connectivity index (χ3v) is 2.79. The molecule has 1 aromatic carbocycles. The van der Waals surface area contributed by atoms with Crippen molar-refractivity contribution in [1.82, 2.24) is 10.4 Å². The van der Waals surface area contributed by atoms with Crippen LogP contribution >= 0.6 is 11.6 Å². The molecular formula is C14H12ClN3O. The van der Waals surface area contributed by atoms with Gasteiger partial charge in [-0.3, -0.25) is 9.78 Å². The third-order valence-electron chi connectivity index (χ3n) is 2.45. The largest absolute Gasteiger partial charge is 0.272 e. The number of amides is 1. The molecule has 1 N–H and O–H groups in total. The average molecular weight is 274 g/mol. The van der Waals surface area contributed by atoms with E-state index in [4.69, 9.17) is 11.6 Å². The molecule has 0 saturated heterocycles. The summed E-state index contributed by atoms with van der Waals surface area (Å²) in [5, 5.41) is 4.45. The number of halogens is 1. The molecule has 0 aliphatic rings. The Bertz CT molecular complexity index is 608. The predicted octanol–water partition coefficient (Wildman–Crippen LogP) is 2.81. The van der Waals surface area contributed by atoms with Crippen LogP contribution < -0.4 is 5.43 Å². The van der Waals surface area contributed by atoms with Gasteiger partial charge in [0.2, 0.25) is 0 Å². The van der Waals surface area contributed by atoms with Crippen LogP contribution in [0, 0.1) is 6.92 Å². The second kappa shape index (κ2) is 6.11. The number of hydrogen-bond donors (Lipinski definition) is 1. The molecule has 19 heavy (non-hydrogen) atoms. The van der Waals surface area contributed by atoms with Crippen LogP contribution in [0.2, 0.25) is 5.02 Å². The van der Waals surface area contributed by atoms with E-state index in [0.29, 0.717) is 10.6 Å². The molecular weight excluding hydrogens is 262 g/mol. The molecule has 0 radical (unpaired) electrons. The first-order valence-corrected chi connectivity index (χ1v) is 6.05. The Hall–Kier alpha value is -2.20. The summed E-state index contributed by atoms with van der Waals surface area (Å²) in [5.41, 5.74) is 4.49. The van der Waals surface area contributed by atoms with Crippen molar-refractivity contribution < 1.29 is 4.79 Å². The van der Waals surface area contributed by atoms with Crippen molar-refractivity contribution in [3.05, 3.63) is 64.4 Å². The fourth-order valence-corrected chi connectivity index (χ4v) is 1.59. The highest BCUT2D eigenvalue weighted by Gasteiger charge is 2.03. The lowest BCUT2D eigenvalue weighted by molar-refractivity contribution is 0.0955. The molecule has 2 rings (SSSR count). The van der Waals surface area contributed by atoms with Gasteiger partial charge in [0.1, 0.15) is 0 Å². The standard InChI is InChI=1S/C14H12ClN3O/c1-10-6-7-12(8-16-10)14(19)18-17-9-11-4-2-3-5-13(11)15/h2-9H,1H3,(H,18,19)/b17-9-. The van der Waals surface area contributed by atoms with Gasteiger partial charge in [0.15, 0.2) is 0 Å². The van der Waals surface area contributed by atoms with Gasteiger partial charge >= 0.3 is 0 Å². The van der Waals surface area contributed by atoms with Gasteiger partial charge in [0, 0.05) is 22.5 Å². The van der Waals surface area contributed by atoms with Crippen LogP contribution in [0.1, 0.15) is 21.6 Å². The van der Waals surface area contributed by atoms with Crippen molar-refractivity contribution in [3.63, 3.8) is 0 Å². The first-order chi connectivity index (χ1) is 9.16. The minimum atomic E-state index is -0.309. The Labute approximate surface area is 116 Å². The van der Waals surface area contributed by atoms with Crippen molar-refractivity contribution in [2.24, 2.45) is 5.10 Å². The minimum absolute atomic E-state index is 0.309. The van der Waals surface area contributed by atoms with E-state index in [-0.39, 0.29) is 5.91 Å². The molecule has 2 aromatic rings. The fourth-order valence-electron chi connectivity index (χ4n) is 1.41. The highest BCUT2D eigenvalue weighted by Crippen LogP contribution is 2.12. The van der Waals surface area contributed by atoms with Gasteiger partial charge in [0.25, 0.3) is 5.91 Å². The Kier molecular flexibility index (Phi) is 4.26. The van der Waals surface area contributed by atoms with Crippen molar-refractivity contribution in [2.75, 3.05) is 0 Å². The smallest absolute Gasteiger partial charge is 0.267 e. The lowest BCUT2D eigenvalue weighted by Crippen LogP contribution is -2.17. The number of hydrogen-bond acceptors (Lipinski definition) is 3. The summed E-state index contributed by atoms with van der Waals surface area (Å²) in [6, 6.07) is 10.7. The zero-order valence-electron chi connectivity index (χ0n) is 10.3. The zero-order chi connectivity index (χ0) is 13.7. The number of carbonyl (C=O) groups is 1. The van der Waals surface area contributed by atoms with E-state index in [1.165, 1.54) is 12.4 Å². The van der Waals surface area contributed by atoms with Gasteiger partial charge in [0.05, 0.1) is 11.8 Å². The topological polar surface area (TPSA) is 54.4 Å². The lowest BCUT2D eigenvalue weighted by atomic mass is 10.2. The maximum absolute atomic E-state index is 11.7. The maximum atomic E-state index is 11.7. The number of pyridine rings is 1. The molecule has 0 atom stereocenters. The van der Waals surface area contributed by atoms with Gasteiger partial charge in [-0.2, -0.15) is 5.10 Å². The highest BCUT2D eigenvalue weighted by molar-refractivity contribution is 6.33. The number of rotatable bonds is 3. The van der Waals surface area contributed by atoms with Crippen molar-refractivity contribution >= 4 is 23.7 Å². The Morgan fingerprint density at radius 2 is 2.11 bits per heavy atom. The van der Waals surface area contributed by atoms with E-state index in [0.717, 1.165) is 11.3 Å². The van der Waals surface area contributed by atoms with E-state index in [2.05, 4.69) is 15.5 Å². The lowest BCUT2D eigenvalue weighted by Gasteiger charge is -2.00. The van der Waals surface area contributed by atoms with Gasteiger partial charge in [-0.25, -0.2) is 5.43 Å². The molecule has 0 aliphatic heterocycles. The van der Waals surface area contributed by atoms with Gasteiger partial charge in [-0.1, -0.05) is 29.8 Å². The van der Waals surface area contributed by atoms with E-state index < -0.39 is 0 Å². The van der Waals surface area contributed by atoms with Crippen molar-refractivity contribution in [1.29, 1.82) is 0 Å². The van der Waals surface area contributed by atoms with Crippen LogP contribution in [0.15, 0.2) is 47.7 Å². The molecule has 1 amide bonds. The normalized spacial score (nSPS) is 10.6. The quantitative estimate of drug-likeness (QED) is 0.691. The van der Waals surface area contributed by atoms with E-state index in [1.54, 1.807) is 18.2 Å². The summed E-state index contributed by atoms with van der Waals surface area (Å²) in [6.07, 6.45) is 3.01. The summed E-state index contributed by atoms with van der Waals surface area (Å²) >= 11 is 5.96. The number of hydrazone groups is 1. The molecule has 5 heteroatoms.